The van der Waals surface area contributed by atoms with Gasteiger partial charge in [0.05, 0.1) is 6.20 Å². The molecule has 1 aliphatic rings. The Morgan fingerprint density at radius 2 is 1.87 bits per heavy atom. The first-order valence-corrected chi connectivity index (χ1v) is 8.30. The highest BCUT2D eigenvalue weighted by Gasteiger charge is 2.19. The van der Waals surface area contributed by atoms with Crippen molar-refractivity contribution < 1.29 is 9.53 Å². The van der Waals surface area contributed by atoms with Crippen LogP contribution in [0.15, 0.2) is 36.5 Å². The van der Waals surface area contributed by atoms with Crippen molar-refractivity contribution in [2.24, 2.45) is 7.05 Å². The largest absolute Gasteiger partial charge is 0.412 e. The SMILES string of the molecule is Cn1ncc(OC(=O)NC2CCCCCC2)c1-c1ccccc1. The lowest BCUT2D eigenvalue weighted by atomic mass is 10.1. The minimum absolute atomic E-state index is 0.224. The first kappa shape index (κ1) is 15.6. The molecule has 122 valence electrons. The highest BCUT2D eigenvalue weighted by Crippen LogP contribution is 2.29. The molecule has 1 fully saturated rings. The van der Waals surface area contributed by atoms with E-state index in [0.717, 1.165) is 24.1 Å². The van der Waals surface area contributed by atoms with E-state index < -0.39 is 0 Å². The predicted octanol–water partition coefficient (Wildman–Crippen LogP) is 3.90. The number of ether oxygens (including phenoxy) is 1. The lowest BCUT2D eigenvalue weighted by molar-refractivity contribution is 0.194. The molecule has 0 bridgehead atoms. The molecule has 5 heteroatoms. The second-order valence-electron chi connectivity index (χ2n) is 6.07. The highest BCUT2D eigenvalue weighted by molar-refractivity contribution is 5.75. The van der Waals surface area contributed by atoms with Gasteiger partial charge in [-0.1, -0.05) is 56.0 Å². The quantitative estimate of drug-likeness (QED) is 0.874. The fourth-order valence-corrected chi connectivity index (χ4v) is 3.14. The molecule has 0 atom stereocenters. The Kier molecular flexibility index (Phi) is 4.95. The topological polar surface area (TPSA) is 56.2 Å². The molecular weight excluding hydrogens is 290 g/mol. The van der Waals surface area contributed by atoms with Crippen LogP contribution in [-0.4, -0.2) is 21.9 Å². The van der Waals surface area contributed by atoms with Gasteiger partial charge in [0, 0.05) is 18.7 Å². The molecule has 0 unspecified atom stereocenters. The Bertz CT molecular complexity index is 644. The average molecular weight is 313 g/mol. The number of benzene rings is 1. The van der Waals surface area contributed by atoms with Crippen LogP contribution in [0.25, 0.3) is 11.3 Å². The summed E-state index contributed by atoms with van der Waals surface area (Å²) in [4.78, 5) is 12.2. The molecule has 0 saturated heterocycles. The van der Waals surface area contributed by atoms with E-state index in [0.29, 0.717) is 5.75 Å². The molecule has 1 aromatic heterocycles. The summed E-state index contributed by atoms with van der Waals surface area (Å²) in [6.45, 7) is 0. The predicted molar refractivity (Wildman–Crippen MR) is 89.3 cm³/mol. The maximum Gasteiger partial charge on any atom is 0.412 e. The molecule has 0 aliphatic heterocycles. The van der Waals surface area contributed by atoms with Crippen LogP contribution in [0.2, 0.25) is 0 Å². The first-order valence-electron chi connectivity index (χ1n) is 8.30. The minimum atomic E-state index is -0.387. The number of carbonyl (C=O) groups is 1. The first-order chi connectivity index (χ1) is 11.2. The molecule has 0 radical (unpaired) electrons. The zero-order chi connectivity index (χ0) is 16.1. The summed E-state index contributed by atoms with van der Waals surface area (Å²) in [5, 5.41) is 7.22. The zero-order valence-corrected chi connectivity index (χ0v) is 13.5. The van der Waals surface area contributed by atoms with Crippen LogP contribution in [0.3, 0.4) is 0 Å². The number of aryl methyl sites for hydroxylation is 1. The van der Waals surface area contributed by atoms with E-state index in [4.69, 9.17) is 4.74 Å². The standard InChI is InChI=1S/C18H23N3O2/c1-21-17(14-9-5-4-6-10-14)16(13-19-21)23-18(22)20-15-11-7-2-3-8-12-15/h4-6,9-10,13,15H,2-3,7-8,11-12H2,1H3,(H,20,22). The lowest BCUT2D eigenvalue weighted by Crippen LogP contribution is -2.36. The van der Waals surface area contributed by atoms with E-state index in [1.165, 1.54) is 25.7 Å². The van der Waals surface area contributed by atoms with Crippen LogP contribution in [-0.2, 0) is 7.05 Å². The molecule has 3 rings (SSSR count). The number of amides is 1. The van der Waals surface area contributed by atoms with E-state index in [9.17, 15) is 4.79 Å². The fourth-order valence-electron chi connectivity index (χ4n) is 3.14. The Balaban J connectivity index is 1.69. The van der Waals surface area contributed by atoms with Crippen LogP contribution in [0, 0.1) is 0 Å². The molecular formula is C18H23N3O2. The van der Waals surface area contributed by atoms with Crippen LogP contribution in [0.1, 0.15) is 38.5 Å². The molecule has 5 nitrogen and oxygen atoms in total. The summed E-state index contributed by atoms with van der Waals surface area (Å²) >= 11 is 0. The van der Waals surface area contributed by atoms with Crippen molar-refractivity contribution in [2.75, 3.05) is 0 Å². The van der Waals surface area contributed by atoms with E-state index in [1.54, 1.807) is 10.9 Å². The van der Waals surface area contributed by atoms with Crippen LogP contribution < -0.4 is 10.1 Å². The molecule has 1 aliphatic carbocycles. The number of rotatable bonds is 3. The third-order valence-electron chi connectivity index (χ3n) is 4.33. The Hall–Kier alpha value is -2.30. The normalized spacial score (nSPS) is 15.9. The lowest BCUT2D eigenvalue weighted by Gasteiger charge is -2.16. The number of carbonyl (C=O) groups excluding carboxylic acids is 1. The molecule has 1 amide bonds. The van der Waals surface area contributed by atoms with E-state index in [2.05, 4.69) is 10.4 Å². The van der Waals surface area contributed by atoms with Crippen LogP contribution >= 0.6 is 0 Å². The van der Waals surface area contributed by atoms with Crippen LogP contribution in [0.5, 0.6) is 5.75 Å². The summed E-state index contributed by atoms with van der Waals surface area (Å²) in [5.74, 6) is 0.491. The van der Waals surface area contributed by atoms with Gasteiger partial charge < -0.3 is 10.1 Å². The van der Waals surface area contributed by atoms with Crippen molar-refractivity contribution >= 4 is 6.09 Å². The zero-order valence-electron chi connectivity index (χ0n) is 13.5. The van der Waals surface area contributed by atoms with Gasteiger partial charge in [-0.2, -0.15) is 5.10 Å². The second-order valence-corrected chi connectivity index (χ2v) is 6.07. The van der Waals surface area contributed by atoms with Crippen molar-refractivity contribution in [1.82, 2.24) is 15.1 Å². The van der Waals surface area contributed by atoms with Gasteiger partial charge in [-0.15, -0.1) is 0 Å². The van der Waals surface area contributed by atoms with Gasteiger partial charge >= 0.3 is 6.09 Å². The molecule has 23 heavy (non-hydrogen) atoms. The number of aromatic nitrogens is 2. The maximum absolute atomic E-state index is 12.2. The van der Waals surface area contributed by atoms with Crippen molar-refractivity contribution in [3.05, 3.63) is 36.5 Å². The molecule has 1 heterocycles. The Morgan fingerprint density at radius 1 is 1.17 bits per heavy atom. The van der Waals surface area contributed by atoms with E-state index >= 15 is 0 Å². The molecule has 0 spiro atoms. The third-order valence-corrected chi connectivity index (χ3v) is 4.33. The third kappa shape index (κ3) is 3.92. The van der Waals surface area contributed by atoms with Gasteiger partial charge in [0.15, 0.2) is 5.75 Å². The number of nitrogens with one attached hydrogen (secondary N) is 1. The van der Waals surface area contributed by atoms with Gasteiger partial charge in [0.2, 0.25) is 0 Å². The smallest absolute Gasteiger partial charge is 0.406 e. The van der Waals surface area contributed by atoms with E-state index in [1.807, 2.05) is 37.4 Å². The number of hydrogen-bond acceptors (Lipinski definition) is 3. The monoisotopic (exact) mass is 313 g/mol. The summed E-state index contributed by atoms with van der Waals surface area (Å²) < 4.78 is 7.26. The summed E-state index contributed by atoms with van der Waals surface area (Å²) in [6.07, 6.45) is 8.14. The molecule has 2 aromatic rings. The Morgan fingerprint density at radius 3 is 2.57 bits per heavy atom. The van der Waals surface area contributed by atoms with Crippen LogP contribution in [0.4, 0.5) is 4.79 Å². The van der Waals surface area contributed by atoms with Gasteiger partial charge in [0.1, 0.15) is 5.69 Å². The highest BCUT2D eigenvalue weighted by atomic mass is 16.6. The number of hydrogen-bond donors (Lipinski definition) is 1. The second kappa shape index (κ2) is 7.31. The molecule has 1 N–H and O–H groups in total. The van der Waals surface area contributed by atoms with Crippen molar-refractivity contribution in [1.29, 1.82) is 0 Å². The van der Waals surface area contributed by atoms with Gasteiger partial charge in [-0.3, -0.25) is 4.68 Å². The Labute approximate surface area is 136 Å². The number of nitrogens with zero attached hydrogens (tertiary/aromatic N) is 2. The van der Waals surface area contributed by atoms with Gasteiger partial charge in [0.25, 0.3) is 0 Å². The average Bonchev–Trinajstić information content (AvgIpc) is 2.75. The van der Waals surface area contributed by atoms with E-state index in [-0.39, 0.29) is 12.1 Å². The minimum Gasteiger partial charge on any atom is -0.406 e. The molecule has 1 saturated carbocycles. The summed E-state index contributed by atoms with van der Waals surface area (Å²) in [6, 6.07) is 10.1. The molecule has 1 aromatic carbocycles. The van der Waals surface area contributed by atoms with Gasteiger partial charge in [-0.05, 0) is 12.8 Å². The summed E-state index contributed by atoms with van der Waals surface area (Å²) in [5.41, 5.74) is 1.78. The van der Waals surface area contributed by atoms with Crippen molar-refractivity contribution in [3.8, 4) is 17.0 Å². The maximum atomic E-state index is 12.2. The van der Waals surface area contributed by atoms with Crippen molar-refractivity contribution in [3.63, 3.8) is 0 Å². The van der Waals surface area contributed by atoms with Crippen molar-refractivity contribution in [2.45, 2.75) is 44.6 Å². The summed E-state index contributed by atoms with van der Waals surface area (Å²) in [7, 11) is 1.85. The fraction of sp³-hybridized carbons (Fsp3) is 0.444. The van der Waals surface area contributed by atoms with Gasteiger partial charge in [-0.25, -0.2) is 4.79 Å².